The van der Waals surface area contributed by atoms with Crippen molar-refractivity contribution in [2.45, 2.75) is 18.1 Å². The summed E-state index contributed by atoms with van der Waals surface area (Å²) in [6, 6.07) is 17.0. The second kappa shape index (κ2) is 7.81. The molecule has 8 heteroatoms. The second-order valence-electron chi connectivity index (χ2n) is 6.30. The molecule has 0 fully saturated rings. The van der Waals surface area contributed by atoms with Crippen LogP contribution in [0.3, 0.4) is 0 Å². The Balaban J connectivity index is 1.79. The average Bonchev–Trinajstić information content (AvgIpc) is 3.11. The smallest absolute Gasteiger partial charge is 0.255 e. The molecular weight excluding hydrogens is 438 g/mol. The summed E-state index contributed by atoms with van der Waals surface area (Å²) in [7, 11) is 0. The molecule has 1 unspecified atom stereocenters. The molecule has 6 nitrogen and oxygen atoms in total. The Kier molecular flexibility index (Phi) is 5.23. The summed E-state index contributed by atoms with van der Waals surface area (Å²) in [6.07, 6.45) is 1.93. The Hall–Kier alpha value is -2.58. The van der Waals surface area contributed by atoms with Crippen molar-refractivity contribution in [3.8, 4) is 0 Å². The molecule has 28 heavy (non-hydrogen) atoms. The van der Waals surface area contributed by atoms with Gasteiger partial charge in [-0.3, -0.25) is 4.79 Å². The lowest BCUT2D eigenvalue weighted by molar-refractivity contribution is -0.113. The maximum atomic E-state index is 13.2. The van der Waals surface area contributed by atoms with Gasteiger partial charge in [0.1, 0.15) is 6.04 Å². The van der Waals surface area contributed by atoms with Crippen LogP contribution in [-0.4, -0.2) is 26.9 Å². The number of halogens is 1. The highest BCUT2D eigenvalue weighted by atomic mass is 79.9. The summed E-state index contributed by atoms with van der Waals surface area (Å²) in [5.74, 6) is 0.460. The minimum absolute atomic E-state index is 0.170. The van der Waals surface area contributed by atoms with Crippen molar-refractivity contribution in [1.82, 2.24) is 14.8 Å². The van der Waals surface area contributed by atoms with E-state index in [4.69, 9.17) is 0 Å². The highest BCUT2D eigenvalue weighted by Gasteiger charge is 2.34. The second-order valence-corrected chi connectivity index (χ2v) is 7.99. The van der Waals surface area contributed by atoms with Crippen LogP contribution in [0.4, 0.5) is 11.6 Å². The number of fused-ring (bicyclic) bond motifs is 1. The van der Waals surface area contributed by atoms with E-state index in [-0.39, 0.29) is 11.9 Å². The van der Waals surface area contributed by atoms with E-state index in [0.29, 0.717) is 16.7 Å². The van der Waals surface area contributed by atoms with Gasteiger partial charge in [-0.2, -0.15) is 4.98 Å². The third kappa shape index (κ3) is 3.57. The lowest BCUT2D eigenvalue weighted by atomic mass is 9.95. The number of thioether (sulfide) groups is 1. The summed E-state index contributed by atoms with van der Waals surface area (Å²) in [5.41, 5.74) is 3.07. The van der Waals surface area contributed by atoms with Gasteiger partial charge in [0.2, 0.25) is 11.1 Å². The fraction of sp³-hybridized carbons (Fsp3) is 0.150. The van der Waals surface area contributed by atoms with Gasteiger partial charge in [-0.15, -0.1) is 5.10 Å². The Morgan fingerprint density at radius 2 is 1.89 bits per heavy atom. The maximum Gasteiger partial charge on any atom is 0.255 e. The van der Waals surface area contributed by atoms with Crippen molar-refractivity contribution in [3.63, 3.8) is 0 Å². The molecule has 2 heterocycles. The minimum Gasteiger partial charge on any atom is -0.328 e. The number of hydrogen-bond acceptors (Lipinski definition) is 5. The molecular formula is C20H18BrN5OS. The van der Waals surface area contributed by atoms with Crippen LogP contribution in [0.15, 0.2) is 75.5 Å². The van der Waals surface area contributed by atoms with Gasteiger partial charge in [0, 0.05) is 15.9 Å². The van der Waals surface area contributed by atoms with Gasteiger partial charge in [0.25, 0.3) is 5.91 Å². The molecule has 0 saturated carbocycles. The van der Waals surface area contributed by atoms with Gasteiger partial charge in [-0.1, -0.05) is 58.0 Å². The van der Waals surface area contributed by atoms with Gasteiger partial charge in [0.15, 0.2) is 0 Å². The molecule has 0 aliphatic carbocycles. The third-order valence-electron chi connectivity index (χ3n) is 4.48. The molecule has 1 aliphatic rings. The van der Waals surface area contributed by atoms with Crippen LogP contribution in [0, 0.1) is 0 Å². The number of nitrogens with one attached hydrogen (secondary N) is 2. The summed E-state index contributed by atoms with van der Waals surface area (Å²) >= 11 is 4.94. The summed E-state index contributed by atoms with van der Waals surface area (Å²) in [4.78, 5) is 17.7. The molecule has 0 saturated heterocycles. The fourth-order valence-electron chi connectivity index (χ4n) is 3.19. The highest BCUT2D eigenvalue weighted by Crippen LogP contribution is 2.36. The minimum atomic E-state index is -0.374. The molecule has 0 bridgehead atoms. The first-order valence-electron chi connectivity index (χ1n) is 8.67. The summed E-state index contributed by atoms with van der Waals surface area (Å²) in [5, 5.41) is 11.5. The van der Waals surface area contributed by atoms with E-state index in [2.05, 4.69) is 36.6 Å². The number of anilines is 2. The number of amides is 1. The van der Waals surface area contributed by atoms with Gasteiger partial charge in [0.05, 0.1) is 5.57 Å². The molecule has 1 amide bonds. The van der Waals surface area contributed by atoms with Gasteiger partial charge >= 0.3 is 0 Å². The fourth-order valence-corrected chi connectivity index (χ4v) is 3.80. The number of hydrogen-bond donors (Lipinski definition) is 2. The van der Waals surface area contributed by atoms with E-state index in [1.54, 1.807) is 4.68 Å². The van der Waals surface area contributed by atoms with Crippen molar-refractivity contribution in [1.29, 1.82) is 0 Å². The monoisotopic (exact) mass is 455 g/mol. The Labute approximate surface area is 175 Å². The average molecular weight is 456 g/mol. The van der Waals surface area contributed by atoms with E-state index < -0.39 is 0 Å². The lowest BCUT2D eigenvalue weighted by Crippen LogP contribution is -2.31. The van der Waals surface area contributed by atoms with E-state index >= 15 is 0 Å². The number of nitrogens with zero attached hydrogens (tertiary/aromatic N) is 3. The molecule has 2 aromatic carbocycles. The SMILES string of the molecule is CSc1nc2n(n1)C(c1ccc(Br)cc1)C(C(=O)Nc1ccccc1)=C(C)N2. The highest BCUT2D eigenvalue weighted by molar-refractivity contribution is 9.10. The first kappa shape index (κ1) is 18.8. The number of aromatic nitrogens is 3. The molecule has 1 aromatic heterocycles. The molecule has 0 radical (unpaired) electrons. The first-order chi connectivity index (χ1) is 13.6. The standard InChI is InChI=1S/C20H18BrN5OS/c1-12-16(18(27)23-15-6-4-3-5-7-15)17(13-8-10-14(21)11-9-13)26-19(22-12)24-20(25-26)28-2/h3-11,17H,1-2H3,(H,23,27)(H,22,24,25). The zero-order chi connectivity index (χ0) is 19.7. The van der Waals surface area contributed by atoms with Crippen LogP contribution in [0.2, 0.25) is 0 Å². The predicted molar refractivity (Wildman–Crippen MR) is 115 cm³/mol. The zero-order valence-corrected chi connectivity index (χ0v) is 17.7. The van der Waals surface area contributed by atoms with E-state index in [1.807, 2.05) is 67.8 Å². The van der Waals surface area contributed by atoms with Crippen LogP contribution in [0.5, 0.6) is 0 Å². The Bertz CT molecular complexity index is 1050. The lowest BCUT2D eigenvalue weighted by Gasteiger charge is -2.28. The molecule has 4 rings (SSSR count). The maximum absolute atomic E-state index is 13.2. The van der Waals surface area contributed by atoms with Crippen LogP contribution >= 0.6 is 27.7 Å². The number of rotatable bonds is 4. The zero-order valence-electron chi connectivity index (χ0n) is 15.3. The molecule has 1 atom stereocenters. The Morgan fingerprint density at radius 3 is 2.57 bits per heavy atom. The first-order valence-corrected chi connectivity index (χ1v) is 10.7. The van der Waals surface area contributed by atoms with Crippen molar-refractivity contribution >= 4 is 45.2 Å². The molecule has 0 spiro atoms. The molecule has 1 aliphatic heterocycles. The van der Waals surface area contributed by atoms with Crippen LogP contribution < -0.4 is 10.6 Å². The number of benzene rings is 2. The molecule has 3 aromatic rings. The quantitative estimate of drug-likeness (QED) is 0.558. The van der Waals surface area contributed by atoms with Crippen LogP contribution in [-0.2, 0) is 4.79 Å². The van der Waals surface area contributed by atoms with Crippen LogP contribution in [0.1, 0.15) is 18.5 Å². The molecule has 142 valence electrons. The third-order valence-corrected chi connectivity index (χ3v) is 5.54. The van der Waals surface area contributed by atoms with Gasteiger partial charge < -0.3 is 10.6 Å². The van der Waals surface area contributed by atoms with Crippen LogP contribution in [0.25, 0.3) is 0 Å². The number of carbonyl (C=O) groups excluding carboxylic acids is 1. The van der Waals surface area contributed by atoms with Crippen molar-refractivity contribution in [2.24, 2.45) is 0 Å². The number of carbonyl (C=O) groups is 1. The Morgan fingerprint density at radius 1 is 1.18 bits per heavy atom. The topological polar surface area (TPSA) is 71.8 Å². The number of para-hydroxylation sites is 1. The van der Waals surface area contributed by atoms with Gasteiger partial charge in [-0.05, 0) is 43.0 Å². The summed E-state index contributed by atoms with van der Waals surface area (Å²) in [6.45, 7) is 1.89. The predicted octanol–water partition coefficient (Wildman–Crippen LogP) is 4.69. The van der Waals surface area contributed by atoms with Crippen molar-refractivity contribution in [3.05, 3.63) is 75.9 Å². The van der Waals surface area contributed by atoms with Crippen molar-refractivity contribution < 1.29 is 4.79 Å². The normalized spacial score (nSPS) is 15.8. The van der Waals surface area contributed by atoms with E-state index in [0.717, 1.165) is 21.4 Å². The van der Waals surface area contributed by atoms with Crippen molar-refractivity contribution in [2.75, 3.05) is 16.9 Å². The van der Waals surface area contributed by atoms with E-state index in [9.17, 15) is 4.79 Å². The van der Waals surface area contributed by atoms with E-state index in [1.165, 1.54) is 11.8 Å². The number of allylic oxidation sites excluding steroid dienone is 1. The summed E-state index contributed by atoms with van der Waals surface area (Å²) < 4.78 is 2.76. The molecule has 2 N–H and O–H groups in total. The van der Waals surface area contributed by atoms with Gasteiger partial charge in [-0.25, -0.2) is 4.68 Å². The largest absolute Gasteiger partial charge is 0.328 e.